The zero-order chi connectivity index (χ0) is 39.9. The summed E-state index contributed by atoms with van der Waals surface area (Å²) in [7, 11) is 0. The lowest BCUT2D eigenvalue weighted by atomic mass is 9.82. The second-order valence-electron chi connectivity index (χ2n) is 16.1. The lowest BCUT2D eigenvalue weighted by Crippen LogP contribution is -2.14. The Morgan fingerprint density at radius 1 is 0.475 bits per heavy atom. The van der Waals surface area contributed by atoms with Gasteiger partial charge in [-0.2, -0.15) is 0 Å². The maximum absolute atomic E-state index is 7.13. The molecule has 0 amide bonds. The summed E-state index contributed by atoms with van der Waals surface area (Å²) in [5.74, 6) is 0. The second-order valence-corrected chi connectivity index (χ2v) is 16.1. The molecule has 0 saturated carbocycles. The zero-order valence-corrected chi connectivity index (χ0v) is 33.4. The standard InChI is InChI=1S/C57H44N2/c1-57(2)52-33-30-43(35-51(52)56-46-21-10-9-19-41(46)29-34-53(56)57)39-25-27-42(28-26-39)45-31-32-49(48-23-13-12-22-47(45)48)54(58)36-55(59-37-38-15-5-3-6-16-38)50-24-14-11-20-44(50)40-17-7-4-8-18-40/h3-36H,37,58H2,1-2H3/b54-36-,59-55?. The van der Waals surface area contributed by atoms with Gasteiger partial charge in [0.15, 0.2) is 0 Å². The largest absolute Gasteiger partial charge is 0.398 e. The first-order valence-corrected chi connectivity index (χ1v) is 20.4. The van der Waals surface area contributed by atoms with Crippen molar-refractivity contribution in [3.05, 3.63) is 234 Å². The molecule has 9 aromatic rings. The predicted molar refractivity (Wildman–Crippen MR) is 251 cm³/mol. The van der Waals surface area contributed by atoms with Crippen molar-refractivity contribution in [2.45, 2.75) is 25.8 Å². The van der Waals surface area contributed by atoms with Crippen molar-refractivity contribution in [3.8, 4) is 44.5 Å². The average Bonchev–Trinajstić information content (AvgIpc) is 3.53. The number of benzene rings is 9. The molecule has 9 aromatic carbocycles. The van der Waals surface area contributed by atoms with Crippen LogP contribution in [0.3, 0.4) is 0 Å². The molecule has 0 saturated heterocycles. The van der Waals surface area contributed by atoms with Crippen LogP contribution in [0.5, 0.6) is 0 Å². The van der Waals surface area contributed by atoms with Gasteiger partial charge in [-0.3, -0.25) is 4.99 Å². The molecule has 0 radical (unpaired) electrons. The number of rotatable bonds is 8. The summed E-state index contributed by atoms with van der Waals surface area (Å²) < 4.78 is 0. The average molecular weight is 757 g/mol. The van der Waals surface area contributed by atoms with E-state index in [9.17, 15) is 0 Å². The molecule has 0 atom stereocenters. The van der Waals surface area contributed by atoms with Gasteiger partial charge in [0.05, 0.1) is 12.3 Å². The van der Waals surface area contributed by atoms with E-state index in [0.717, 1.165) is 44.3 Å². The lowest BCUT2D eigenvalue weighted by Gasteiger charge is -2.21. The molecule has 2 N–H and O–H groups in total. The fourth-order valence-corrected chi connectivity index (χ4v) is 9.12. The Morgan fingerprint density at radius 3 is 1.88 bits per heavy atom. The fraction of sp³-hybridized carbons (Fsp3) is 0.0702. The number of fused-ring (bicyclic) bond motifs is 6. The summed E-state index contributed by atoms with van der Waals surface area (Å²) in [4.78, 5) is 5.21. The van der Waals surface area contributed by atoms with Crippen LogP contribution in [0.15, 0.2) is 211 Å². The summed E-state index contributed by atoms with van der Waals surface area (Å²) in [6.45, 7) is 5.25. The Kier molecular flexibility index (Phi) is 9.11. The van der Waals surface area contributed by atoms with Gasteiger partial charge in [0.1, 0.15) is 0 Å². The van der Waals surface area contributed by atoms with Gasteiger partial charge in [-0.25, -0.2) is 0 Å². The van der Waals surface area contributed by atoms with Crippen LogP contribution >= 0.6 is 0 Å². The Hall–Kier alpha value is -7.29. The van der Waals surface area contributed by atoms with E-state index in [-0.39, 0.29) is 5.41 Å². The van der Waals surface area contributed by atoms with Crippen LogP contribution in [-0.4, -0.2) is 5.71 Å². The molecule has 1 aliphatic rings. The first kappa shape index (κ1) is 36.1. The number of nitrogens with zero attached hydrogens (tertiary/aromatic N) is 1. The molecular weight excluding hydrogens is 713 g/mol. The summed E-state index contributed by atoms with van der Waals surface area (Å²) in [6.07, 6.45) is 2.06. The van der Waals surface area contributed by atoms with Gasteiger partial charge in [-0.1, -0.05) is 208 Å². The fourth-order valence-electron chi connectivity index (χ4n) is 9.12. The molecule has 0 unspecified atom stereocenters. The predicted octanol–water partition coefficient (Wildman–Crippen LogP) is 14.3. The van der Waals surface area contributed by atoms with E-state index in [4.69, 9.17) is 10.7 Å². The number of hydrogen-bond donors (Lipinski definition) is 1. The highest BCUT2D eigenvalue weighted by molar-refractivity contribution is 6.16. The quantitative estimate of drug-likeness (QED) is 0.154. The van der Waals surface area contributed by atoms with Gasteiger partial charge in [-0.05, 0) is 94.9 Å². The Bertz CT molecular complexity index is 3080. The molecule has 282 valence electrons. The lowest BCUT2D eigenvalue weighted by molar-refractivity contribution is 0.661. The highest BCUT2D eigenvalue weighted by Gasteiger charge is 2.36. The molecule has 2 nitrogen and oxygen atoms in total. The molecule has 0 spiro atoms. The van der Waals surface area contributed by atoms with Crippen molar-refractivity contribution in [3.63, 3.8) is 0 Å². The van der Waals surface area contributed by atoms with Gasteiger partial charge >= 0.3 is 0 Å². The molecule has 0 heterocycles. The summed E-state index contributed by atoms with van der Waals surface area (Å²) >= 11 is 0. The molecule has 1 aliphatic carbocycles. The van der Waals surface area contributed by atoms with Gasteiger partial charge < -0.3 is 5.73 Å². The van der Waals surface area contributed by atoms with Crippen LogP contribution in [-0.2, 0) is 12.0 Å². The minimum atomic E-state index is -0.0495. The van der Waals surface area contributed by atoms with E-state index in [1.807, 2.05) is 12.1 Å². The van der Waals surface area contributed by atoms with Gasteiger partial charge in [-0.15, -0.1) is 0 Å². The van der Waals surface area contributed by atoms with E-state index in [1.165, 1.54) is 55.3 Å². The Labute approximate surface area is 346 Å². The number of allylic oxidation sites excluding steroid dienone is 1. The first-order chi connectivity index (χ1) is 28.9. The minimum absolute atomic E-state index is 0.0495. The third kappa shape index (κ3) is 6.53. The third-order valence-electron chi connectivity index (χ3n) is 12.2. The molecular formula is C57H44N2. The Balaban J connectivity index is 1.01. The summed E-state index contributed by atoms with van der Waals surface area (Å²) in [5.41, 5.74) is 24.3. The van der Waals surface area contributed by atoms with Crippen LogP contribution in [0.1, 0.15) is 41.7 Å². The maximum atomic E-state index is 7.13. The van der Waals surface area contributed by atoms with Crippen molar-refractivity contribution in [1.29, 1.82) is 0 Å². The summed E-state index contributed by atoms with van der Waals surface area (Å²) in [6, 6.07) is 71.7. The molecule has 2 heteroatoms. The van der Waals surface area contributed by atoms with Crippen molar-refractivity contribution in [1.82, 2.24) is 0 Å². The van der Waals surface area contributed by atoms with Crippen LogP contribution in [0.2, 0.25) is 0 Å². The van der Waals surface area contributed by atoms with Crippen molar-refractivity contribution >= 4 is 33.0 Å². The van der Waals surface area contributed by atoms with Crippen LogP contribution in [0.4, 0.5) is 0 Å². The smallest absolute Gasteiger partial charge is 0.0677 e. The van der Waals surface area contributed by atoms with Crippen molar-refractivity contribution in [2.75, 3.05) is 0 Å². The van der Waals surface area contributed by atoms with E-state index in [0.29, 0.717) is 12.2 Å². The minimum Gasteiger partial charge on any atom is -0.398 e. The van der Waals surface area contributed by atoms with Crippen LogP contribution in [0.25, 0.3) is 71.7 Å². The molecule has 10 rings (SSSR count). The molecule has 0 fully saturated rings. The molecule has 59 heavy (non-hydrogen) atoms. The van der Waals surface area contributed by atoms with Gasteiger partial charge in [0.2, 0.25) is 0 Å². The number of nitrogens with two attached hydrogens (primary N) is 1. The molecule has 0 bridgehead atoms. The van der Waals surface area contributed by atoms with Crippen molar-refractivity contribution < 1.29 is 0 Å². The highest BCUT2D eigenvalue weighted by atomic mass is 14.7. The maximum Gasteiger partial charge on any atom is 0.0677 e. The summed E-state index contributed by atoms with van der Waals surface area (Å²) in [5, 5.41) is 4.87. The number of hydrogen-bond acceptors (Lipinski definition) is 2. The van der Waals surface area contributed by atoms with E-state index >= 15 is 0 Å². The van der Waals surface area contributed by atoms with E-state index < -0.39 is 0 Å². The normalized spacial score (nSPS) is 13.4. The van der Waals surface area contributed by atoms with Crippen LogP contribution < -0.4 is 5.73 Å². The Morgan fingerprint density at radius 2 is 1.08 bits per heavy atom. The molecule has 0 aliphatic heterocycles. The highest BCUT2D eigenvalue weighted by Crippen LogP contribution is 2.52. The monoisotopic (exact) mass is 756 g/mol. The first-order valence-electron chi connectivity index (χ1n) is 20.4. The third-order valence-corrected chi connectivity index (χ3v) is 12.2. The van der Waals surface area contributed by atoms with E-state index in [1.54, 1.807) is 0 Å². The van der Waals surface area contributed by atoms with Gasteiger partial charge in [0.25, 0.3) is 0 Å². The SMILES string of the molecule is CC1(C)c2ccc(-c3ccc(-c4ccc(/C(N)=C/C(=NCc5ccccc5)c5ccccc5-c5ccccc5)c5ccccc45)cc3)cc2-c2c1ccc1ccccc21. The topological polar surface area (TPSA) is 38.4 Å². The van der Waals surface area contributed by atoms with Crippen molar-refractivity contribution in [2.24, 2.45) is 10.7 Å². The van der Waals surface area contributed by atoms with Gasteiger partial charge in [0, 0.05) is 22.2 Å². The molecule has 0 aromatic heterocycles. The zero-order valence-electron chi connectivity index (χ0n) is 33.4. The van der Waals surface area contributed by atoms with E-state index in [2.05, 4.69) is 208 Å². The second kappa shape index (κ2) is 14.9. The number of aliphatic imine (C=N–C) groups is 1. The van der Waals surface area contributed by atoms with Crippen LogP contribution in [0, 0.1) is 0 Å².